The van der Waals surface area contributed by atoms with E-state index in [0.29, 0.717) is 16.7 Å². The molecule has 1 unspecified atom stereocenters. The lowest BCUT2D eigenvalue weighted by molar-refractivity contribution is 0.0739. The molecule has 3 heterocycles. The summed E-state index contributed by atoms with van der Waals surface area (Å²) in [6.45, 7) is 5.06. The number of rotatable bonds is 3. The van der Waals surface area contributed by atoms with Crippen LogP contribution in [0.25, 0.3) is 0 Å². The topological polar surface area (TPSA) is 62.5 Å². The number of nitrogens with zero attached hydrogens (tertiary/aromatic N) is 3. The van der Waals surface area contributed by atoms with Gasteiger partial charge in [-0.25, -0.2) is 4.98 Å². The fourth-order valence-corrected chi connectivity index (χ4v) is 4.17. The van der Waals surface area contributed by atoms with Gasteiger partial charge in [-0.15, -0.1) is 0 Å². The van der Waals surface area contributed by atoms with Crippen LogP contribution in [0.5, 0.6) is 0 Å². The van der Waals surface area contributed by atoms with Crippen molar-refractivity contribution in [1.82, 2.24) is 9.88 Å². The second-order valence-corrected chi connectivity index (χ2v) is 6.59. The lowest BCUT2D eigenvalue weighted by Gasteiger charge is -2.22. The van der Waals surface area contributed by atoms with Gasteiger partial charge in [0.05, 0.1) is 0 Å². The molecule has 3 rings (SSSR count). The lowest BCUT2D eigenvalue weighted by atomic mass is 10.2. The molecule has 0 radical (unpaired) electrons. The summed E-state index contributed by atoms with van der Waals surface area (Å²) in [5.74, 6) is 0.485. The molecule has 1 aromatic rings. The Morgan fingerprint density at radius 1 is 1.35 bits per heavy atom. The van der Waals surface area contributed by atoms with E-state index in [0.717, 1.165) is 44.0 Å². The van der Waals surface area contributed by atoms with E-state index in [9.17, 15) is 4.79 Å². The molecule has 2 aliphatic rings. The van der Waals surface area contributed by atoms with Crippen LogP contribution in [0.3, 0.4) is 0 Å². The zero-order chi connectivity index (χ0) is 14.1. The predicted molar refractivity (Wildman–Crippen MR) is 82.3 cm³/mol. The number of hydrogen-bond acceptors (Lipinski definition) is 5. The Labute approximate surface area is 123 Å². The van der Waals surface area contributed by atoms with Crippen molar-refractivity contribution in [3.63, 3.8) is 0 Å². The average molecular weight is 294 g/mol. The highest BCUT2D eigenvalue weighted by molar-refractivity contribution is 7.18. The molecule has 2 aliphatic heterocycles. The van der Waals surface area contributed by atoms with Gasteiger partial charge in [0.1, 0.15) is 10.7 Å². The Bertz CT molecular complexity index is 495. The lowest BCUT2D eigenvalue weighted by Crippen LogP contribution is -2.34. The van der Waals surface area contributed by atoms with Gasteiger partial charge in [-0.1, -0.05) is 18.3 Å². The van der Waals surface area contributed by atoms with E-state index in [1.807, 2.05) is 4.90 Å². The van der Waals surface area contributed by atoms with Gasteiger partial charge in [0.25, 0.3) is 5.91 Å². The molecule has 0 spiro atoms. The fraction of sp³-hybridized carbons (Fsp3) is 0.714. The minimum atomic E-state index is 0.0785. The van der Waals surface area contributed by atoms with Gasteiger partial charge < -0.3 is 15.5 Å². The summed E-state index contributed by atoms with van der Waals surface area (Å²) in [5.41, 5.74) is 5.99. The summed E-state index contributed by atoms with van der Waals surface area (Å²) in [4.78, 5) is 21.9. The first-order valence-electron chi connectivity index (χ1n) is 7.53. The summed E-state index contributed by atoms with van der Waals surface area (Å²) in [6, 6.07) is 0.374. The Balaban J connectivity index is 1.80. The molecule has 1 atom stereocenters. The maximum Gasteiger partial charge on any atom is 0.268 e. The first-order valence-corrected chi connectivity index (χ1v) is 8.34. The van der Waals surface area contributed by atoms with Gasteiger partial charge in [0.15, 0.2) is 5.13 Å². The summed E-state index contributed by atoms with van der Waals surface area (Å²) >= 11 is 1.46. The molecule has 2 N–H and O–H groups in total. The summed E-state index contributed by atoms with van der Waals surface area (Å²) < 4.78 is 0. The van der Waals surface area contributed by atoms with Crippen LogP contribution in [0.1, 0.15) is 48.7 Å². The second-order valence-electron chi connectivity index (χ2n) is 5.61. The maximum absolute atomic E-state index is 12.7. The number of thiazole rings is 1. The summed E-state index contributed by atoms with van der Waals surface area (Å²) in [5, 5.41) is 0.913. The molecule has 0 aromatic carbocycles. The largest absolute Gasteiger partial charge is 0.382 e. The third-order valence-corrected chi connectivity index (χ3v) is 5.44. The zero-order valence-electron chi connectivity index (χ0n) is 12.0. The number of amides is 1. The number of carbonyl (C=O) groups excluding carboxylic acids is 1. The number of aromatic nitrogens is 1. The van der Waals surface area contributed by atoms with E-state index >= 15 is 0 Å². The van der Waals surface area contributed by atoms with Crippen molar-refractivity contribution >= 4 is 28.2 Å². The quantitative estimate of drug-likeness (QED) is 0.929. The van der Waals surface area contributed by atoms with Crippen LogP contribution < -0.4 is 10.6 Å². The van der Waals surface area contributed by atoms with Crippen LogP contribution >= 0.6 is 11.3 Å². The van der Waals surface area contributed by atoms with Crippen LogP contribution in [0.15, 0.2) is 0 Å². The number of anilines is 2. The first kappa shape index (κ1) is 13.7. The molecule has 2 fully saturated rings. The standard InChI is InChI=1S/C14H22N4OS/c1-2-10-6-5-9-18(10)13(19)11-12(15)16-14(20-11)17-7-3-4-8-17/h10H,2-9,15H2,1H3. The van der Waals surface area contributed by atoms with Crippen molar-refractivity contribution < 1.29 is 4.79 Å². The molecule has 5 nitrogen and oxygen atoms in total. The molecular formula is C14H22N4OS. The molecule has 0 bridgehead atoms. The molecular weight excluding hydrogens is 272 g/mol. The number of hydrogen-bond donors (Lipinski definition) is 1. The minimum absolute atomic E-state index is 0.0785. The highest BCUT2D eigenvalue weighted by Crippen LogP contribution is 2.33. The molecule has 1 aromatic heterocycles. The average Bonchev–Trinajstić information content (AvgIpc) is 3.17. The monoisotopic (exact) mass is 294 g/mol. The first-order chi connectivity index (χ1) is 9.70. The van der Waals surface area contributed by atoms with Gasteiger partial charge in [-0.3, -0.25) is 4.79 Å². The third-order valence-electron chi connectivity index (χ3n) is 4.32. The Morgan fingerprint density at radius 2 is 2.10 bits per heavy atom. The molecule has 1 amide bonds. The van der Waals surface area contributed by atoms with Crippen LogP contribution in [0.2, 0.25) is 0 Å². The Kier molecular flexibility index (Phi) is 3.83. The number of likely N-dealkylation sites (tertiary alicyclic amines) is 1. The van der Waals surface area contributed by atoms with Crippen molar-refractivity contribution in [2.75, 3.05) is 30.3 Å². The molecule has 0 aliphatic carbocycles. The smallest absolute Gasteiger partial charge is 0.268 e. The van der Waals surface area contributed by atoms with E-state index < -0.39 is 0 Å². The zero-order valence-corrected chi connectivity index (χ0v) is 12.8. The number of nitrogen functional groups attached to an aromatic ring is 1. The van der Waals surface area contributed by atoms with Gasteiger partial charge in [-0.2, -0.15) is 0 Å². The van der Waals surface area contributed by atoms with Crippen molar-refractivity contribution in [2.45, 2.75) is 45.1 Å². The maximum atomic E-state index is 12.7. The van der Waals surface area contributed by atoms with Gasteiger partial charge in [0, 0.05) is 25.7 Å². The van der Waals surface area contributed by atoms with E-state index in [2.05, 4.69) is 16.8 Å². The predicted octanol–water partition coefficient (Wildman–Crippen LogP) is 2.34. The van der Waals surface area contributed by atoms with Crippen LogP contribution in [-0.2, 0) is 0 Å². The fourth-order valence-electron chi connectivity index (χ4n) is 3.18. The highest BCUT2D eigenvalue weighted by atomic mass is 32.1. The van der Waals surface area contributed by atoms with E-state index in [1.165, 1.54) is 24.2 Å². The van der Waals surface area contributed by atoms with Crippen LogP contribution in [-0.4, -0.2) is 41.5 Å². The second kappa shape index (κ2) is 5.60. The van der Waals surface area contributed by atoms with Crippen LogP contribution in [0.4, 0.5) is 10.9 Å². The van der Waals surface area contributed by atoms with E-state index in [1.54, 1.807) is 0 Å². The van der Waals surface area contributed by atoms with Gasteiger partial charge in [0.2, 0.25) is 0 Å². The molecule has 6 heteroatoms. The Hall–Kier alpha value is -1.30. The van der Waals surface area contributed by atoms with Gasteiger partial charge >= 0.3 is 0 Å². The third kappa shape index (κ3) is 2.37. The highest BCUT2D eigenvalue weighted by Gasteiger charge is 2.31. The molecule has 2 saturated heterocycles. The summed E-state index contributed by atoms with van der Waals surface area (Å²) in [6.07, 6.45) is 5.63. The van der Waals surface area contributed by atoms with Crippen molar-refractivity contribution in [3.8, 4) is 0 Å². The normalized spacial score (nSPS) is 22.8. The number of nitrogens with two attached hydrogens (primary N) is 1. The number of carbonyl (C=O) groups is 1. The van der Waals surface area contributed by atoms with E-state index in [-0.39, 0.29) is 5.91 Å². The minimum Gasteiger partial charge on any atom is -0.382 e. The SMILES string of the molecule is CCC1CCCN1C(=O)c1sc(N2CCCC2)nc1N. The van der Waals surface area contributed by atoms with Crippen LogP contribution in [0, 0.1) is 0 Å². The summed E-state index contributed by atoms with van der Waals surface area (Å²) in [7, 11) is 0. The van der Waals surface area contributed by atoms with Crippen molar-refractivity contribution in [2.24, 2.45) is 0 Å². The molecule has 0 saturated carbocycles. The van der Waals surface area contributed by atoms with Crippen molar-refractivity contribution in [3.05, 3.63) is 4.88 Å². The van der Waals surface area contributed by atoms with Crippen molar-refractivity contribution in [1.29, 1.82) is 0 Å². The van der Waals surface area contributed by atoms with Gasteiger partial charge in [-0.05, 0) is 32.1 Å². The van der Waals surface area contributed by atoms with E-state index in [4.69, 9.17) is 5.73 Å². The molecule has 20 heavy (non-hydrogen) atoms. The Morgan fingerprint density at radius 3 is 2.80 bits per heavy atom. The molecule has 110 valence electrons.